The molecule has 0 saturated carbocycles. The van der Waals surface area contributed by atoms with Gasteiger partial charge in [0.25, 0.3) is 5.91 Å². The second-order valence-electron chi connectivity index (χ2n) is 6.80. The van der Waals surface area contributed by atoms with E-state index in [1.165, 1.54) is 0 Å². The number of fused-ring (bicyclic) bond motifs is 1. The lowest BCUT2D eigenvalue weighted by atomic mass is 10.1. The minimum absolute atomic E-state index is 0.213. The van der Waals surface area contributed by atoms with E-state index in [0.717, 1.165) is 27.0 Å². The molecule has 0 aliphatic carbocycles. The maximum absolute atomic E-state index is 12.6. The van der Waals surface area contributed by atoms with Crippen molar-refractivity contribution in [3.8, 4) is 0 Å². The minimum atomic E-state index is -0.604. The van der Waals surface area contributed by atoms with E-state index in [1.54, 1.807) is 6.07 Å². The average molecular weight is 439 g/mol. The van der Waals surface area contributed by atoms with E-state index >= 15 is 0 Å². The third kappa shape index (κ3) is 4.14. The number of nitrogens with zero attached hydrogens (tertiary/aromatic N) is 1. The van der Waals surface area contributed by atoms with Crippen LogP contribution in [0.2, 0.25) is 0 Å². The highest BCUT2D eigenvalue weighted by atomic mass is 79.9. The van der Waals surface area contributed by atoms with Crippen LogP contribution in [0.3, 0.4) is 0 Å². The quantitative estimate of drug-likeness (QED) is 0.582. The lowest BCUT2D eigenvalue weighted by Crippen LogP contribution is -2.43. The standard InChI is InChI=1S/C21H19BrN4O2/c22-15-7-9-17-14(11-15)6-8-18(20(27)23-17)24-21(28)19-12-16(25-26-19)10-13-4-2-1-3-5-13/h1-5,7,9,11-12,18H,6,8,10H2,(H,23,27)(H,24,28)(H,25,26). The SMILES string of the molecule is O=C(NC1CCc2cc(Br)ccc2NC1=O)c1cc(Cc2ccccc2)[nH]n1. The molecule has 28 heavy (non-hydrogen) atoms. The van der Waals surface area contributed by atoms with E-state index in [0.29, 0.717) is 19.3 Å². The van der Waals surface area contributed by atoms with Gasteiger partial charge in [0.1, 0.15) is 11.7 Å². The summed E-state index contributed by atoms with van der Waals surface area (Å²) in [6, 6.07) is 16.8. The summed E-state index contributed by atoms with van der Waals surface area (Å²) in [5.41, 5.74) is 4.09. The molecule has 0 radical (unpaired) electrons. The Balaban J connectivity index is 1.42. The topological polar surface area (TPSA) is 86.9 Å². The molecular formula is C21H19BrN4O2. The third-order valence-corrected chi connectivity index (χ3v) is 5.24. The van der Waals surface area contributed by atoms with Crippen LogP contribution in [-0.4, -0.2) is 28.1 Å². The van der Waals surface area contributed by atoms with Crippen LogP contribution in [0.5, 0.6) is 0 Å². The number of aromatic amines is 1. The largest absolute Gasteiger partial charge is 0.339 e. The van der Waals surface area contributed by atoms with Crippen molar-refractivity contribution >= 4 is 33.4 Å². The van der Waals surface area contributed by atoms with Gasteiger partial charge in [-0.3, -0.25) is 14.7 Å². The van der Waals surface area contributed by atoms with Gasteiger partial charge in [-0.1, -0.05) is 46.3 Å². The highest BCUT2D eigenvalue weighted by Crippen LogP contribution is 2.25. The maximum atomic E-state index is 12.6. The van der Waals surface area contributed by atoms with Crippen molar-refractivity contribution in [2.75, 3.05) is 5.32 Å². The number of hydrogen-bond donors (Lipinski definition) is 3. The number of halogens is 1. The van der Waals surface area contributed by atoms with Crippen LogP contribution >= 0.6 is 15.9 Å². The molecule has 1 atom stereocenters. The van der Waals surface area contributed by atoms with Crippen LogP contribution in [0.4, 0.5) is 5.69 Å². The Morgan fingerprint density at radius 3 is 2.82 bits per heavy atom. The molecular weight excluding hydrogens is 420 g/mol. The summed E-state index contributed by atoms with van der Waals surface area (Å²) in [4.78, 5) is 25.1. The molecule has 2 aromatic carbocycles. The van der Waals surface area contributed by atoms with E-state index in [1.807, 2.05) is 48.5 Å². The molecule has 0 saturated heterocycles. The Kier molecular flexibility index (Phi) is 5.25. The number of carbonyl (C=O) groups is 2. The average Bonchev–Trinajstić information content (AvgIpc) is 3.10. The first-order valence-electron chi connectivity index (χ1n) is 9.07. The van der Waals surface area contributed by atoms with Gasteiger partial charge in [-0.25, -0.2) is 0 Å². The van der Waals surface area contributed by atoms with Crippen LogP contribution < -0.4 is 10.6 Å². The molecule has 4 rings (SSSR count). The van der Waals surface area contributed by atoms with E-state index < -0.39 is 6.04 Å². The molecule has 0 fully saturated rings. The second kappa shape index (κ2) is 7.98. The van der Waals surface area contributed by atoms with Gasteiger partial charge in [0.15, 0.2) is 0 Å². The highest BCUT2D eigenvalue weighted by molar-refractivity contribution is 9.10. The monoisotopic (exact) mass is 438 g/mol. The zero-order chi connectivity index (χ0) is 19.5. The number of rotatable bonds is 4. The van der Waals surface area contributed by atoms with Crippen molar-refractivity contribution in [1.29, 1.82) is 0 Å². The predicted octanol–water partition coefficient (Wildman–Crippen LogP) is 3.45. The number of aryl methyl sites for hydroxylation is 1. The van der Waals surface area contributed by atoms with Gasteiger partial charge in [-0.2, -0.15) is 5.10 Å². The minimum Gasteiger partial charge on any atom is -0.339 e. The molecule has 1 aliphatic rings. The summed E-state index contributed by atoms with van der Waals surface area (Å²) in [5.74, 6) is -0.572. The molecule has 3 N–H and O–H groups in total. The van der Waals surface area contributed by atoms with Crippen molar-refractivity contribution in [2.24, 2.45) is 0 Å². The third-order valence-electron chi connectivity index (χ3n) is 4.75. The zero-order valence-electron chi connectivity index (χ0n) is 15.0. The van der Waals surface area contributed by atoms with Crippen LogP contribution in [-0.2, 0) is 17.6 Å². The molecule has 142 valence electrons. The Labute approximate surface area is 170 Å². The molecule has 1 aromatic heterocycles. The van der Waals surface area contributed by atoms with Crippen molar-refractivity contribution in [1.82, 2.24) is 15.5 Å². The van der Waals surface area contributed by atoms with Crippen LogP contribution in [0.1, 0.15) is 33.7 Å². The van der Waals surface area contributed by atoms with Gasteiger partial charge >= 0.3 is 0 Å². The van der Waals surface area contributed by atoms with Gasteiger partial charge in [-0.15, -0.1) is 0 Å². The number of hydrogen-bond acceptors (Lipinski definition) is 3. The smallest absolute Gasteiger partial charge is 0.272 e. The molecule has 1 unspecified atom stereocenters. The summed E-state index contributed by atoms with van der Waals surface area (Å²) in [6.07, 6.45) is 1.88. The number of H-pyrrole nitrogens is 1. The fourth-order valence-corrected chi connectivity index (χ4v) is 3.70. The zero-order valence-corrected chi connectivity index (χ0v) is 16.6. The van der Waals surface area contributed by atoms with Gasteiger partial charge in [-0.05, 0) is 48.2 Å². The molecule has 7 heteroatoms. The Hall–Kier alpha value is -2.93. The lowest BCUT2D eigenvalue weighted by molar-refractivity contribution is -0.118. The first kappa shape index (κ1) is 18.4. The first-order valence-corrected chi connectivity index (χ1v) is 9.86. The molecule has 6 nitrogen and oxygen atoms in total. The van der Waals surface area contributed by atoms with Crippen molar-refractivity contribution in [3.63, 3.8) is 0 Å². The Bertz CT molecular complexity index is 1020. The van der Waals surface area contributed by atoms with Crippen molar-refractivity contribution in [2.45, 2.75) is 25.3 Å². The second-order valence-corrected chi connectivity index (χ2v) is 7.71. The normalized spacial score (nSPS) is 16.0. The number of benzene rings is 2. The maximum Gasteiger partial charge on any atom is 0.272 e. The number of anilines is 1. The number of nitrogens with one attached hydrogen (secondary N) is 3. The highest BCUT2D eigenvalue weighted by Gasteiger charge is 2.26. The Morgan fingerprint density at radius 1 is 1.18 bits per heavy atom. The number of carbonyl (C=O) groups excluding carboxylic acids is 2. The Morgan fingerprint density at radius 2 is 2.00 bits per heavy atom. The van der Waals surface area contributed by atoms with Gasteiger partial charge < -0.3 is 10.6 Å². The molecule has 2 amide bonds. The summed E-state index contributed by atoms with van der Waals surface area (Å²) >= 11 is 3.45. The van der Waals surface area contributed by atoms with Crippen molar-refractivity contribution in [3.05, 3.63) is 81.6 Å². The molecule has 1 aliphatic heterocycles. The molecule has 3 aromatic rings. The van der Waals surface area contributed by atoms with E-state index in [-0.39, 0.29) is 17.5 Å². The fraction of sp³-hybridized carbons (Fsp3) is 0.190. The van der Waals surface area contributed by atoms with E-state index in [4.69, 9.17) is 0 Å². The molecule has 0 spiro atoms. The van der Waals surface area contributed by atoms with E-state index in [2.05, 4.69) is 36.8 Å². The van der Waals surface area contributed by atoms with Gasteiger partial charge in [0.2, 0.25) is 5.91 Å². The van der Waals surface area contributed by atoms with Gasteiger partial charge in [0, 0.05) is 22.3 Å². The summed E-state index contributed by atoms with van der Waals surface area (Å²) in [6.45, 7) is 0. The fourth-order valence-electron chi connectivity index (χ4n) is 3.30. The number of aromatic nitrogens is 2. The summed E-state index contributed by atoms with van der Waals surface area (Å²) in [5, 5.41) is 12.7. The first-order chi connectivity index (χ1) is 13.6. The van der Waals surface area contributed by atoms with Crippen molar-refractivity contribution < 1.29 is 9.59 Å². The van der Waals surface area contributed by atoms with E-state index in [9.17, 15) is 9.59 Å². The van der Waals surface area contributed by atoms with Crippen LogP contribution in [0.25, 0.3) is 0 Å². The molecule has 2 heterocycles. The van der Waals surface area contributed by atoms with Gasteiger partial charge in [0.05, 0.1) is 0 Å². The summed E-state index contributed by atoms with van der Waals surface area (Å²) in [7, 11) is 0. The van der Waals surface area contributed by atoms with Crippen LogP contribution in [0.15, 0.2) is 59.1 Å². The molecule has 0 bridgehead atoms. The lowest BCUT2D eigenvalue weighted by Gasteiger charge is -2.14. The van der Waals surface area contributed by atoms with Crippen LogP contribution in [0, 0.1) is 0 Å². The predicted molar refractivity (Wildman–Crippen MR) is 110 cm³/mol. The summed E-state index contributed by atoms with van der Waals surface area (Å²) < 4.78 is 0.963. The number of amides is 2.